The van der Waals surface area contributed by atoms with Crippen molar-refractivity contribution in [3.63, 3.8) is 0 Å². The van der Waals surface area contributed by atoms with Crippen LogP contribution in [0.2, 0.25) is 0 Å². The molecule has 1 rings (SSSR count). The van der Waals surface area contributed by atoms with E-state index >= 15 is 0 Å². The van der Waals surface area contributed by atoms with Crippen LogP contribution in [0.3, 0.4) is 0 Å². The molecule has 11 heavy (non-hydrogen) atoms. The number of nitrogens with zero attached hydrogens (tertiary/aromatic N) is 2. The molecule has 0 aliphatic carbocycles. The van der Waals surface area contributed by atoms with Gasteiger partial charge in [-0.1, -0.05) is 0 Å². The van der Waals surface area contributed by atoms with Crippen molar-refractivity contribution < 1.29 is 0 Å². The van der Waals surface area contributed by atoms with Crippen LogP contribution >= 0.6 is 15.9 Å². The number of hydrogen-bond donors (Lipinski definition) is 1. The van der Waals surface area contributed by atoms with Gasteiger partial charge in [-0.25, -0.2) is 0 Å². The Labute approximate surface area is 73.0 Å². The minimum atomic E-state index is 0.314. The molecular formula is C7H6BrN3. The number of halogens is 1. The molecule has 0 aliphatic rings. The molecule has 1 aromatic heterocycles. The highest BCUT2D eigenvalue weighted by Crippen LogP contribution is 2.20. The molecule has 0 bridgehead atoms. The summed E-state index contributed by atoms with van der Waals surface area (Å²) in [7, 11) is 0. The second-order valence-electron chi connectivity index (χ2n) is 2.02. The van der Waals surface area contributed by atoms with Crippen LogP contribution in [0.4, 0.5) is 5.69 Å². The van der Waals surface area contributed by atoms with E-state index in [4.69, 9.17) is 11.0 Å². The summed E-state index contributed by atoms with van der Waals surface area (Å²) >= 11 is 3.25. The molecule has 3 nitrogen and oxygen atoms in total. The molecule has 2 N–H and O–H groups in total. The van der Waals surface area contributed by atoms with Gasteiger partial charge in [0.25, 0.3) is 0 Å². The van der Waals surface area contributed by atoms with Crippen LogP contribution in [-0.4, -0.2) is 4.98 Å². The number of hydrogen-bond acceptors (Lipinski definition) is 3. The second-order valence-corrected chi connectivity index (χ2v) is 2.88. The number of rotatable bonds is 1. The average molecular weight is 212 g/mol. The Bertz CT molecular complexity index is 283. The maximum Gasteiger partial charge on any atom is 0.0670 e. The number of anilines is 1. The molecule has 0 fully saturated rings. The van der Waals surface area contributed by atoms with Gasteiger partial charge in [0.1, 0.15) is 0 Å². The lowest BCUT2D eigenvalue weighted by Crippen LogP contribution is -1.95. The lowest BCUT2D eigenvalue weighted by Gasteiger charge is -2.01. The van der Waals surface area contributed by atoms with E-state index < -0.39 is 0 Å². The van der Waals surface area contributed by atoms with Crippen molar-refractivity contribution in [1.82, 2.24) is 4.98 Å². The summed E-state index contributed by atoms with van der Waals surface area (Å²) in [5.41, 5.74) is 6.93. The Kier molecular flexibility index (Phi) is 2.44. The van der Waals surface area contributed by atoms with Gasteiger partial charge in [-0.2, -0.15) is 5.26 Å². The predicted molar refractivity (Wildman–Crippen MR) is 45.7 cm³/mol. The molecule has 56 valence electrons. The third-order valence-corrected chi connectivity index (χ3v) is 1.98. The van der Waals surface area contributed by atoms with Gasteiger partial charge < -0.3 is 5.73 Å². The lowest BCUT2D eigenvalue weighted by molar-refractivity contribution is 1.20. The van der Waals surface area contributed by atoms with Gasteiger partial charge in [0.2, 0.25) is 0 Å². The SMILES string of the molecule is N#CCc1c(N)cncc1Br. The summed E-state index contributed by atoms with van der Waals surface area (Å²) < 4.78 is 0.791. The molecule has 0 spiro atoms. The monoisotopic (exact) mass is 211 g/mol. The zero-order chi connectivity index (χ0) is 8.27. The Morgan fingerprint density at radius 2 is 2.36 bits per heavy atom. The van der Waals surface area contributed by atoms with Crippen molar-refractivity contribution in [3.05, 3.63) is 22.4 Å². The first-order valence-electron chi connectivity index (χ1n) is 3.00. The number of aromatic nitrogens is 1. The largest absolute Gasteiger partial charge is 0.397 e. The number of pyridine rings is 1. The van der Waals surface area contributed by atoms with Crippen LogP contribution in [0.25, 0.3) is 0 Å². The molecule has 1 aromatic rings. The van der Waals surface area contributed by atoms with Gasteiger partial charge in [0, 0.05) is 16.2 Å². The van der Waals surface area contributed by atoms with E-state index in [-0.39, 0.29) is 0 Å². The standard InChI is InChI=1S/C7H6BrN3/c8-6-3-11-4-7(10)5(6)1-2-9/h3-4H,1,10H2. The maximum atomic E-state index is 8.42. The van der Waals surface area contributed by atoms with Crippen molar-refractivity contribution in [1.29, 1.82) is 5.26 Å². The molecule has 0 amide bonds. The van der Waals surface area contributed by atoms with E-state index in [9.17, 15) is 0 Å². The van der Waals surface area contributed by atoms with Crippen LogP contribution < -0.4 is 5.73 Å². The maximum absolute atomic E-state index is 8.42. The van der Waals surface area contributed by atoms with Crippen LogP contribution in [-0.2, 0) is 6.42 Å². The average Bonchev–Trinajstić information content (AvgIpc) is 1.97. The smallest absolute Gasteiger partial charge is 0.0670 e. The van der Waals surface area contributed by atoms with E-state index in [0.29, 0.717) is 12.1 Å². The second kappa shape index (κ2) is 3.35. The van der Waals surface area contributed by atoms with Crippen LogP contribution in [0.5, 0.6) is 0 Å². The van der Waals surface area contributed by atoms with Crippen LogP contribution in [0, 0.1) is 11.3 Å². The summed E-state index contributed by atoms with van der Waals surface area (Å²) in [6, 6.07) is 2.03. The third kappa shape index (κ3) is 1.69. The zero-order valence-corrected chi connectivity index (χ0v) is 7.30. The minimum absolute atomic E-state index is 0.314. The highest BCUT2D eigenvalue weighted by molar-refractivity contribution is 9.10. The van der Waals surface area contributed by atoms with Gasteiger partial charge >= 0.3 is 0 Å². The topological polar surface area (TPSA) is 62.7 Å². The third-order valence-electron chi connectivity index (χ3n) is 1.29. The van der Waals surface area contributed by atoms with Crippen LogP contribution in [0.1, 0.15) is 5.56 Å². The summed E-state index contributed by atoms with van der Waals surface area (Å²) in [5, 5.41) is 8.42. The number of nitriles is 1. The fraction of sp³-hybridized carbons (Fsp3) is 0.143. The summed E-state index contributed by atoms with van der Waals surface area (Å²) in [5.74, 6) is 0. The highest BCUT2D eigenvalue weighted by Gasteiger charge is 2.02. The molecule has 4 heteroatoms. The fourth-order valence-corrected chi connectivity index (χ4v) is 1.23. The molecule has 0 atom stereocenters. The van der Waals surface area contributed by atoms with Gasteiger partial charge in [-0.05, 0) is 15.9 Å². The Morgan fingerprint density at radius 1 is 1.64 bits per heavy atom. The van der Waals surface area contributed by atoms with E-state index in [0.717, 1.165) is 10.0 Å². The normalized spacial score (nSPS) is 9.09. The van der Waals surface area contributed by atoms with Crippen molar-refractivity contribution in [2.24, 2.45) is 0 Å². The first-order valence-corrected chi connectivity index (χ1v) is 3.80. The van der Waals surface area contributed by atoms with Gasteiger partial charge in [-0.3, -0.25) is 4.98 Å². The van der Waals surface area contributed by atoms with Gasteiger partial charge in [-0.15, -0.1) is 0 Å². The van der Waals surface area contributed by atoms with Gasteiger partial charge in [0.05, 0.1) is 24.4 Å². The molecule has 1 heterocycles. The van der Waals surface area contributed by atoms with E-state index in [2.05, 4.69) is 20.9 Å². The molecule has 0 aliphatic heterocycles. The summed E-state index contributed by atoms with van der Waals surface area (Å²) in [4.78, 5) is 3.85. The van der Waals surface area contributed by atoms with Gasteiger partial charge in [0.15, 0.2) is 0 Å². The summed E-state index contributed by atoms with van der Waals surface area (Å²) in [6.07, 6.45) is 3.48. The van der Waals surface area contributed by atoms with E-state index in [1.54, 1.807) is 6.20 Å². The first kappa shape index (κ1) is 8.02. The summed E-state index contributed by atoms with van der Waals surface area (Å²) in [6.45, 7) is 0. The predicted octanol–water partition coefficient (Wildman–Crippen LogP) is 1.49. The zero-order valence-electron chi connectivity index (χ0n) is 5.71. The number of nitrogens with two attached hydrogens (primary N) is 1. The fourth-order valence-electron chi connectivity index (χ4n) is 0.742. The Morgan fingerprint density at radius 3 is 2.91 bits per heavy atom. The molecular weight excluding hydrogens is 206 g/mol. The lowest BCUT2D eigenvalue weighted by atomic mass is 10.2. The van der Waals surface area contributed by atoms with E-state index in [1.165, 1.54) is 6.20 Å². The molecule has 0 saturated carbocycles. The molecule has 0 radical (unpaired) electrons. The van der Waals surface area contributed by atoms with Crippen molar-refractivity contribution in [3.8, 4) is 6.07 Å². The number of nitrogen functional groups attached to an aromatic ring is 1. The minimum Gasteiger partial charge on any atom is -0.397 e. The molecule has 0 unspecified atom stereocenters. The quantitative estimate of drug-likeness (QED) is 0.766. The Balaban J connectivity index is 3.12. The molecule has 0 aromatic carbocycles. The van der Waals surface area contributed by atoms with E-state index in [1.807, 2.05) is 6.07 Å². The Hall–Kier alpha value is -1.08. The molecule has 0 saturated heterocycles. The van der Waals surface area contributed by atoms with Crippen molar-refractivity contribution in [2.45, 2.75) is 6.42 Å². The van der Waals surface area contributed by atoms with Crippen molar-refractivity contribution >= 4 is 21.6 Å². The first-order chi connectivity index (χ1) is 5.25. The van der Waals surface area contributed by atoms with Crippen molar-refractivity contribution in [2.75, 3.05) is 5.73 Å². The van der Waals surface area contributed by atoms with Crippen LogP contribution in [0.15, 0.2) is 16.9 Å². The highest BCUT2D eigenvalue weighted by atomic mass is 79.9.